The predicted molar refractivity (Wildman–Crippen MR) is 99.7 cm³/mol. The number of ether oxygens (including phenoxy) is 1. The van der Waals surface area contributed by atoms with Crippen molar-refractivity contribution in [3.8, 4) is 0 Å². The van der Waals surface area contributed by atoms with Crippen LogP contribution in [0.3, 0.4) is 0 Å². The Kier molecular flexibility index (Phi) is 6.07. The van der Waals surface area contributed by atoms with Gasteiger partial charge >= 0.3 is 0 Å². The molecule has 0 aliphatic carbocycles. The van der Waals surface area contributed by atoms with Gasteiger partial charge in [0.1, 0.15) is 5.54 Å². The van der Waals surface area contributed by atoms with Gasteiger partial charge in [0.25, 0.3) is 5.91 Å². The Morgan fingerprint density at radius 3 is 2.74 bits per heavy atom. The Morgan fingerprint density at radius 1 is 1.37 bits per heavy atom. The van der Waals surface area contributed by atoms with Crippen molar-refractivity contribution in [1.82, 2.24) is 20.2 Å². The van der Waals surface area contributed by atoms with Crippen LogP contribution < -0.4 is 10.6 Å². The van der Waals surface area contributed by atoms with Gasteiger partial charge in [0.05, 0.1) is 12.3 Å². The van der Waals surface area contributed by atoms with E-state index in [1.807, 2.05) is 5.38 Å². The van der Waals surface area contributed by atoms with Crippen LogP contribution in [0.4, 0.5) is 5.13 Å². The molecule has 3 rings (SSSR count). The third-order valence-corrected chi connectivity index (χ3v) is 5.34. The number of amides is 2. The van der Waals surface area contributed by atoms with Gasteiger partial charge in [-0.3, -0.25) is 9.59 Å². The largest absolute Gasteiger partial charge is 0.438 e. The summed E-state index contributed by atoms with van der Waals surface area (Å²) in [7, 11) is 1.59. The van der Waals surface area contributed by atoms with E-state index in [-0.39, 0.29) is 17.6 Å². The Balaban J connectivity index is 1.70. The molecule has 0 unspecified atom stereocenters. The smallest absolute Gasteiger partial charge is 0.291 e. The zero-order valence-electron chi connectivity index (χ0n) is 15.4. The lowest BCUT2D eigenvalue weighted by Crippen LogP contribution is -2.59. The molecule has 10 heteroatoms. The number of hydrogen-bond donors (Lipinski definition) is 2. The molecule has 2 N–H and O–H groups in total. The monoisotopic (exact) mass is 393 g/mol. The van der Waals surface area contributed by atoms with Gasteiger partial charge < -0.3 is 24.7 Å². The van der Waals surface area contributed by atoms with Gasteiger partial charge in [-0.25, -0.2) is 9.97 Å². The van der Waals surface area contributed by atoms with Crippen LogP contribution in [-0.2, 0) is 9.53 Å². The zero-order valence-corrected chi connectivity index (χ0v) is 16.2. The summed E-state index contributed by atoms with van der Waals surface area (Å²) in [5, 5.41) is 8.73. The normalized spacial score (nSPS) is 16.1. The first-order valence-electron chi connectivity index (χ1n) is 8.70. The highest BCUT2D eigenvalue weighted by Gasteiger charge is 2.43. The molecule has 2 aromatic rings. The molecule has 9 nitrogen and oxygen atoms in total. The number of aromatic nitrogens is 2. The minimum Gasteiger partial charge on any atom is -0.438 e. The predicted octanol–water partition coefficient (Wildman–Crippen LogP) is 1.29. The summed E-state index contributed by atoms with van der Waals surface area (Å²) in [6.45, 7) is 3.45. The van der Waals surface area contributed by atoms with Crippen molar-refractivity contribution in [2.45, 2.75) is 25.3 Å². The van der Waals surface area contributed by atoms with Gasteiger partial charge in [-0.1, -0.05) is 0 Å². The molecule has 0 radical (unpaired) electrons. The van der Waals surface area contributed by atoms with Crippen LogP contribution in [0.15, 0.2) is 22.4 Å². The molecule has 1 aliphatic heterocycles. The lowest BCUT2D eigenvalue weighted by Gasteiger charge is -2.40. The number of nitrogens with zero attached hydrogens (tertiary/aromatic N) is 3. The fourth-order valence-corrected chi connectivity index (χ4v) is 3.70. The molecular weight excluding hydrogens is 370 g/mol. The number of hydrogen-bond acceptors (Lipinski definition) is 8. The highest BCUT2D eigenvalue weighted by atomic mass is 32.1. The molecule has 2 amide bonds. The van der Waals surface area contributed by atoms with Gasteiger partial charge in [-0.2, -0.15) is 0 Å². The molecule has 0 atom stereocenters. The average Bonchev–Trinajstić information content (AvgIpc) is 3.33. The van der Waals surface area contributed by atoms with Gasteiger partial charge in [0, 0.05) is 38.3 Å². The summed E-state index contributed by atoms with van der Waals surface area (Å²) >= 11 is 1.44. The van der Waals surface area contributed by atoms with E-state index in [4.69, 9.17) is 9.15 Å². The molecule has 0 spiro atoms. The van der Waals surface area contributed by atoms with Crippen LogP contribution in [0.25, 0.3) is 0 Å². The molecule has 0 saturated carbocycles. The number of aryl methyl sites for hydroxylation is 1. The highest BCUT2D eigenvalue weighted by Crippen LogP contribution is 2.29. The topological polar surface area (TPSA) is 110 Å². The van der Waals surface area contributed by atoms with E-state index in [1.165, 1.54) is 17.7 Å². The number of carbonyl (C=O) groups is 2. The van der Waals surface area contributed by atoms with E-state index in [0.29, 0.717) is 49.9 Å². The van der Waals surface area contributed by atoms with Crippen molar-refractivity contribution >= 4 is 28.3 Å². The summed E-state index contributed by atoms with van der Waals surface area (Å²) in [6, 6.07) is 0. The molecule has 2 aromatic heterocycles. The van der Waals surface area contributed by atoms with Crippen molar-refractivity contribution in [2.24, 2.45) is 0 Å². The third kappa shape index (κ3) is 4.28. The lowest BCUT2D eigenvalue weighted by molar-refractivity contribution is -0.127. The van der Waals surface area contributed by atoms with Crippen LogP contribution in [0.2, 0.25) is 0 Å². The number of nitrogens with one attached hydrogen (secondary N) is 2. The second-order valence-electron chi connectivity index (χ2n) is 6.35. The minimum atomic E-state index is -0.821. The van der Waals surface area contributed by atoms with E-state index in [0.717, 1.165) is 0 Å². The Morgan fingerprint density at radius 2 is 2.15 bits per heavy atom. The summed E-state index contributed by atoms with van der Waals surface area (Å²) in [5.74, 6) is -0.0646. The molecule has 0 bridgehead atoms. The Bertz CT molecular complexity index is 768. The van der Waals surface area contributed by atoms with Crippen LogP contribution in [-0.4, -0.2) is 65.6 Å². The number of rotatable bonds is 7. The number of thiazole rings is 1. The van der Waals surface area contributed by atoms with Crippen LogP contribution in [0.1, 0.15) is 29.1 Å². The van der Waals surface area contributed by atoms with Crippen molar-refractivity contribution in [1.29, 1.82) is 0 Å². The molecule has 1 aliphatic rings. The lowest BCUT2D eigenvalue weighted by atomic mass is 9.86. The fourth-order valence-electron chi connectivity index (χ4n) is 3.08. The first kappa shape index (κ1) is 19.3. The number of carbonyl (C=O) groups excluding carboxylic acids is 2. The Hall–Kier alpha value is -2.46. The molecular formula is C17H23N5O4S. The third-order valence-electron chi connectivity index (χ3n) is 4.65. The SMILES string of the molecule is COCCNC(=O)C1(Nc2nccs2)CCN(C(=O)c2ocnc2C)CC1. The summed E-state index contributed by atoms with van der Waals surface area (Å²) in [6.07, 6.45) is 3.88. The summed E-state index contributed by atoms with van der Waals surface area (Å²) in [5.41, 5.74) is -0.256. The van der Waals surface area contributed by atoms with Crippen molar-refractivity contribution < 1.29 is 18.7 Å². The van der Waals surface area contributed by atoms with Crippen molar-refractivity contribution in [3.63, 3.8) is 0 Å². The second-order valence-corrected chi connectivity index (χ2v) is 7.25. The first-order valence-corrected chi connectivity index (χ1v) is 9.58. The van der Waals surface area contributed by atoms with Gasteiger partial charge in [0.15, 0.2) is 11.5 Å². The van der Waals surface area contributed by atoms with Crippen LogP contribution in [0.5, 0.6) is 0 Å². The molecule has 146 valence electrons. The Labute approximate surface area is 161 Å². The maximum Gasteiger partial charge on any atom is 0.291 e. The number of anilines is 1. The van der Waals surface area contributed by atoms with E-state index in [1.54, 1.807) is 25.1 Å². The molecule has 1 fully saturated rings. The summed E-state index contributed by atoms with van der Waals surface area (Å²) in [4.78, 5) is 35.4. The number of oxazole rings is 1. The molecule has 1 saturated heterocycles. The van der Waals surface area contributed by atoms with Crippen LogP contribution >= 0.6 is 11.3 Å². The number of likely N-dealkylation sites (tertiary alicyclic amines) is 1. The summed E-state index contributed by atoms with van der Waals surface area (Å²) < 4.78 is 10.2. The molecule has 0 aromatic carbocycles. The number of methoxy groups -OCH3 is 1. The zero-order chi connectivity index (χ0) is 19.3. The van der Waals surface area contributed by atoms with E-state index in [9.17, 15) is 9.59 Å². The minimum absolute atomic E-state index is 0.113. The van der Waals surface area contributed by atoms with Crippen molar-refractivity contribution in [3.05, 3.63) is 29.4 Å². The van der Waals surface area contributed by atoms with E-state index < -0.39 is 5.54 Å². The molecule has 27 heavy (non-hydrogen) atoms. The van der Waals surface area contributed by atoms with Crippen molar-refractivity contribution in [2.75, 3.05) is 38.7 Å². The maximum absolute atomic E-state index is 12.9. The second kappa shape index (κ2) is 8.49. The van der Waals surface area contributed by atoms with E-state index >= 15 is 0 Å². The first-order chi connectivity index (χ1) is 13.1. The molecule has 3 heterocycles. The fraction of sp³-hybridized carbons (Fsp3) is 0.529. The quantitative estimate of drug-likeness (QED) is 0.682. The van der Waals surface area contributed by atoms with Gasteiger partial charge in [-0.05, 0) is 19.8 Å². The van der Waals surface area contributed by atoms with E-state index in [2.05, 4.69) is 20.6 Å². The number of piperidine rings is 1. The highest BCUT2D eigenvalue weighted by molar-refractivity contribution is 7.13. The maximum atomic E-state index is 12.9. The van der Waals surface area contributed by atoms with Gasteiger partial charge in [0.2, 0.25) is 11.7 Å². The average molecular weight is 393 g/mol. The standard InChI is InChI=1S/C17H23N5O4S/c1-12-13(26-11-20-12)14(23)22-7-3-17(4-8-22,15(24)18-5-9-25-2)21-16-19-6-10-27-16/h6,10-11H,3-5,7-9H2,1-2H3,(H,18,24)(H,19,21). The van der Waals surface area contributed by atoms with Gasteiger partial charge in [-0.15, -0.1) is 11.3 Å². The van der Waals surface area contributed by atoms with Crippen LogP contribution in [0, 0.1) is 6.92 Å².